The van der Waals surface area contributed by atoms with Crippen molar-refractivity contribution in [3.8, 4) is 0 Å². The van der Waals surface area contributed by atoms with E-state index in [0.29, 0.717) is 4.47 Å². The van der Waals surface area contributed by atoms with Crippen LogP contribution in [-0.4, -0.2) is 23.0 Å². The third-order valence-electron chi connectivity index (χ3n) is 2.51. The summed E-state index contributed by atoms with van der Waals surface area (Å²) in [6, 6.07) is 3.98. The van der Waals surface area contributed by atoms with E-state index >= 15 is 0 Å². The Hall–Kier alpha value is -1.40. The van der Waals surface area contributed by atoms with Crippen molar-refractivity contribution in [1.82, 2.24) is 0 Å². The number of nitrogens with two attached hydrogens (primary N) is 1. The average molecular weight is 315 g/mol. The van der Waals surface area contributed by atoms with E-state index in [1.54, 1.807) is 12.1 Å². The second-order valence-electron chi connectivity index (χ2n) is 4.23. The lowest BCUT2D eigenvalue weighted by Gasteiger charge is -2.17. The van der Waals surface area contributed by atoms with E-state index in [1.165, 1.54) is 6.07 Å². The molecule has 4 N–H and O–H groups in total. The van der Waals surface area contributed by atoms with E-state index in [9.17, 15) is 9.59 Å². The summed E-state index contributed by atoms with van der Waals surface area (Å²) in [6.45, 7) is 3.64. The quantitative estimate of drug-likeness (QED) is 0.793. The molecule has 0 unspecified atom stereocenters. The minimum Gasteiger partial charge on any atom is -0.478 e. The molecule has 1 aromatic rings. The van der Waals surface area contributed by atoms with Gasteiger partial charge in [0, 0.05) is 4.47 Å². The molecule has 0 aliphatic carbocycles. The molecule has 1 amide bonds. The average Bonchev–Trinajstić information content (AvgIpc) is 2.30. The summed E-state index contributed by atoms with van der Waals surface area (Å²) in [4.78, 5) is 22.9. The number of hydrogen-bond acceptors (Lipinski definition) is 3. The van der Waals surface area contributed by atoms with Gasteiger partial charge >= 0.3 is 5.97 Å². The van der Waals surface area contributed by atoms with Gasteiger partial charge in [0.25, 0.3) is 0 Å². The van der Waals surface area contributed by atoms with Crippen LogP contribution in [0.1, 0.15) is 24.2 Å². The van der Waals surface area contributed by atoms with Gasteiger partial charge in [-0.3, -0.25) is 4.79 Å². The highest BCUT2D eigenvalue weighted by Crippen LogP contribution is 2.26. The van der Waals surface area contributed by atoms with Crippen LogP contribution in [-0.2, 0) is 4.79 Å². The number of carboxylic acid groups (broad SMARTS) is 1. The summed E-state index contributed by atoms with van der Waals surface area (Å²) in [7, 11) is 0. The van der Waals surface area contributed by atoms with Crippen molar-refractivity contribution in [1.29, 1.82) is 0 Å². The topological polar surface area (TPSA) is 92.4 Å². The van der Waals surface area contributed by atoms with E-state index in [-0.39, 0.29) is 17.2 Å². The number of para-hydroxylation sites is 1. The maximum absolute atomic E-state index is 11.8. The zero-order valence-electron chi connectivity index (χ0n) is 10.1. The molecule has 0 aliphatic heterocycles. The zero-order valence-corrected chi connectivity index (χ0v) is 11.7. The summed E-state index contributed by atoms with van der Waals surface area (Å²) in [5.74, 6) is -1.54. The minimum absolute atomic E-state index is 0.0219. The molecule has 98 valence electrons. The van der Waals surface area contributed by atoms with Crippen LogP contribution in [0.4, 0.5) is 5.69 Å². The number of halogens is 1. The minimum atomic E-state index is -1.11. The predicted molar refractivity (Wildman–Crippen MR) is 72.5 cm³/mol. The number of aromatic carboxylic acids is 1. The normalized spacial score (nSPS) is 12.3. The number of carbonyl (C=O) groups is 2. The summed E-state index contributed by atoms with van der Waals surface area (Å²) in [5.41, 5.74) is 5.96. The Morgan fingerprint density at radius 3 is 2.50 bits per heavy atom. The molecule has 0 aliphatic rings. The highest BCUT2D eigenvalue weighted by atomic mass is 79.9. The molecule has 1 atom stereocenters. The number of carbonyl (C=O) groups excluding carboxylic acids is 1. The first-order valence-corrected chi connectivity index (χ1v) is 6.22. The monoisotopic (exact) mass is 314 g/mol. The molecular formula is C12H15BrN2O3. The van der Waals surface area contributed by atoms with Crippen molar-refractivity contribution < 1.29 is 14.7 Å². The summed E-state index contributed by atoms with van der Waals surface area (Å²) < 4.78 is 0.506. The van der Waals surface area contributed by atoms with Crippen molar-refractivity contribution in [2.45, 2.75) is 19.9 Å². The third kappa shape index (κ3) is 3.30. The van der Waals surface area contributed by atoms with Crippen molar-refractivity contribution in [2.24, 2.45) is 11.7 Å². The maximum atomic E-state index is 11.8. The van der Waals surface area contributed by atoms with E-state index in [0.717, 1.165) is 0 Å². The van der Waals surface area contributed by atoms with Crippen molar-refractivity contribution in [3.63, 3.8) is 0 Å². The van der Waals surface area contributed by atoms with Gasteiger partial charge in [0.1, 0.15) is 0 Å². The van der Waals surface area contributed by atoms with Gasteiger partial charge in [-0.2, -0.15) is 0 Å². The second-order valence-corrected chi connectivity index (χ2v) is 5.08. The highest BCUT2D eigenvalue weighted by Gasteiger charge is 2.21. The van der Waals surface area contributed by atoms with E-state index in [1.807, 2.05) is 13.8 Å². The number of rotatable bonds is 4. The van der Waals surface area contributed by atoms with E-state index < -0.39 is 17.9 Å². The van der Waals surface area contributed by atoms with Crippen molar-refractivity contribution >= 4 is 33.5 Å². The van der Waals surface area contributed by atoms with Crippen LogP contribution in [0.2, 0.25) is 0 Å². The molecule has 5 nitrogen and oxygen atoms in total. The molecular weight excluding hydrogens is 300 g/mol. The smallest absolute Gasteiger partial charge is 0.337 e. The number of amides is 1. The molecule has 0 saturated heterocycles. The maximum Gasteiger partial charge on any atom is 0.337 e. The number of anilines is 1. The van der Waals surface area contributed by atoms with Gasteiger partial charge in [0.15, 0.2) is 0 Å². The van der Waals surface area contributed by atoms with Gasteiger partial charge in [0.05, 0.1) is 17.3 Å². The van der Waals surface area contributed by atoms with Crippen LogP contribution in [0.15, 0.2) is 22.7 Å². The Morgan fingerprint density at radius 1 is 1.39 bits per heavy atom. The Balaban J connectivity index is 3.04. The van der Waals surface area contributed by atoms with Crippen LogP contribution in [0.25, 0.3) is 0 Å². The lowest BCUT2D eigenvalue weighted by atomic mass is 10.0. The van der Waals surface area contributed by atoms with Gasteiger partial charge in [0.2, 0.25) is 5.91 Å². The fraction of sp³-hybridized carbons (Fsp3) is 0.333. The van der Waals surface area contributed by atoms with Crippen LogP contribution in [0.3, 0.4) is 0 Å². The van der Waals surface area contributed by atoms with Crippen molar-refractivity contribution in [2.75, 3.05) is 5.32 Å². The third-order valence-corrected chi connectivity index (χ3v) is 3.17. The molecule has 0 bridgehead atoms. The van der Waals surface area contributed by atoms with Crippen molar-refractivity contribution in [3.05, 3.63) is 28.2 Å². The molecule has 0 radical (unpaired) electrons. The fourth-order valence-corrected chi connectivity index (χ4v) is 1.80. The fourth-order valence-electron chi connectivity index (χ4n) is 1.34. The summed E-state index contributed by atoms with van der Waals surface area (Å²) in [5, 5.41) is 11.6. The first kappa shape index (κ1) is 14.7. The number of nitrogens with one attached hydrogen (secondary N) is 1. The molecule has 0 aromatic heterocycles. The van der Waals surface area contributed by atoms with Crippen LogP contribution < -0.4 is 11.1 Å². The molecule has 0 heterocycles. The number of benzene rings is 1. The first-order chi connectivity index (χ1) is 8.34. The molecule has 1 rings (SSSR count). The van der Waals surface area contributed by atoms with Gasteiger partial charge in [-0.15, -0.1) is 0 Å². The zero-order chi connectivity index (χ0) is 13.9. The van der Waals surface area contributed by atoms with Crippen LogP contribution >= 0.6 is 15.9 Å². The first-order valence-electron chi connectivity index (χ1n) is 5.42. The Labute approximate surface area is 113 Å². The number of hydrogen-bond donors (Lipinski definition) is 3. The van der Waals surface area contributed by atoms with Crippen LogP contribution in [0, 0.1) is 5.92 Å². The SMILES string of the molecule is CC(C)[C@@H](N)C(=O)Nc1c(Br)cccc1C(=O)O. The van der Waals surface area contributed by atoms with Gasteiger partial charge in [-0.25, -0.2) is 4.79 Å². The predicted octanol–water partition coefficient (Wildman–Crippen LogP) is 2.07. The Kier molecular flexibility index (Phi) is 4.86. The standard InChI is InChI=1S/C12H15BrN2O3/c1-6(2)9(14)11(16)15-10-7(12(17)18)4-3-5-8(10)13/h3-6,9H,14H2,1-2H3,(H,15,16)(H,17,18)/t9-/m1/s1. The van der Waals surface area contributed by atoms with Gasteiger partial charge in [-0.1, -0.05) is 19.9 Å². The summed E-state index contributed by atoms with van der Waals surface area (Å²) in [6.07, 6.45) is 0. The van der Waals surface area contributed by atoms with Crippen LogP contribution in [0.5, 0.6) is 0 Å². The molecule has 6 heteroatoms. The molecule has 1 aromatic carbocycles. The largest absolute Gasteiger partial charge is 0.478 e. The second kappa shape index (κ2) is 5.97. The Bertz CT molecular complexity index is 474. The van der Waals surface area contributed by atoms with Gasteiger partial charge < -0.3 is 16.2 Å². The van der Waals surface area contributed by atoms with E-state index in [2.05, 4.69) is 21.2 Å². The molecule has 0 spiro atoms. The summed E-state index contributed by atoms with van der Waals surface area (Å²) >= 11 is 3.21. The van der Waals surface area contributed by atoms with E-state index in [4.69, 9.17) is 10.8 Å². The molecule has 0 fully saturated rings. The molecule has 0 saturated carbocycles. The lowest BCUT2D eigenvalue weighted by Crippen LogP contribution is -2.40. The Morgan fingerprint density at radius 2 is 2.00 bits per heavy atom. The van der Waals surface area contributed by atoms with Gasteiger partial charge in [-0.05, 0) is 34.0 Å². The highest BCUT2D eigenvalue weighted by molar-refractivity contribution is 9.10. The number of carboxylic acids is 1. The lowest BCUT2D eigenvalue weighted by molar-refractivity contribution is -0.118. The molecule has 18 heavy (non-hydrogen) atoms.